The average molecular weight is 507 g/mol. The van der Waals surface area contributed by atoms with Gasteiger partial charge in [-0.1, -0.05) is 53.5 Å². The van der Waals surface area contributed by atoms with Gasteiger partial charge in [0.25, 0.3) is 11.7 Å². The first kappa shape index (κ1) is 23.0. The number of Topliss-reactive ketones (excluding diaryl/α,β-unsaturated/α-hetero) is 1. The van der Waals surface area contributed by atoms with Crippen molar-refractivity contribution < 1.29 is 19.8 Å². The van der Waals surface area contributed by atoms with Crippen LogP contribution in [-0.2, 0) is 16.0 Å². The molecule has 176 valence electrons. The quantitative estimate of drug-likeness (QED) is 0.180. The highest BCUT2D eigenvalue weighted by Crippen LogP contribution is 2.40. The number of hydrogen-bond acceptors (Lipinski definition) is 4. The Morgan fingerprint density at radius 2 is 1.71 bits per heavy atom. The SMILES string of the molecule is O=C1C(=O)N(CCc2c[nH]c3ccccc23)C(c2ccc(O)cc2)/C1=C(\O)c1ccc(Cl)c(Cl)c1. The van der Waals surface area contributed by atoms with Crippen molar-refractivity contribution in [2.24, 2.45) is 0 Å². The monoisotopic (exact) mass is 506 g/mol. The Bertz CT molecular complexity index is 1490. The van der Waals surface area contributed by atoms with E-state index in [-0.39, 0.29) is 34.2 Å². The van der Waals surface area contributed by atoms with Crippen LogP contribution in [0.1, 0.15) is 22.7 Å². The van der Waals surface area contributed by atoms with E-state index in [2.05, 4.69) is 4.98 Å². The Balaban J connectivity index is 1.57. The van der Waals surface area contributed by atoms with E-state index in [1.54, 1.807) is 12.1 Å². The number of para-hydroxylation sites is 1. The minimum absolute atomic E-state index is 0.0435. The first-order valence-electron chi connectivity index (χ1n) is 10.9. The van der Waals surface area contributed by atoms with Crippen molar-refractivity contribution in [3.63, 3.8) is 0 Å². The fraction of sp³-hybridized carbons (Fsp3) is 0.111. The maximum Gasteiger partial charge on any atom is 0.295 e. The van der Waals surface area contributed by atoms with Crippen LogP contribution in [0.15, 0.2) is 78.5 Å². The molecule has 1 aromatic heterocycles. The number of aliphatic hydroxyl groups is 1. The fourth-order valence-corrected chi connectivity index (χ4v) is 4.79. The summed E-state index contributed by atoms with van der Waals surface area (Å²) in [5.41, 5.74) is 2.81. The number of likely N-dealkylation sites (tertiary alicyclic amines) is 1. The molecular formula is C27H20Cl2N2O4. The van der Waals surface area contributed by atoms with Gasteiger partial charge < -0.3 is 20.1 Å². The first-order valence-corrected chi connectivity index (χ1v) is 11.7. The van der Waals surface area contributed by atoms with Gasteiger partial charge in [0.1, 0.15) is 11.5 Å². The van der Waals surface area contributed by atoms with E-state index in [1.807, 2.05) is 30.5 Å². The zero-order valence-corrected chi connectivity index (χ0v) is 19.8. The molecule has 0 saturated carbocycles. The van der Waals surface area contributed by atoms with Gasteiger partial charge in [-0.3, -0.25) is 9.59 Å². The number of rotatable bonds is 5. The molecule has 8 heteroatoms. The summed E-state index contributed by atoms with van der Waals surface area (Å²) < 4.78 is 0. The van der Waals surface area contributed by atoms with Crippen molar-refractivity contribution in [3.05, 3.63) is 105 Å². The lowest BCUT2D eigenvalue weighted by atomic mass is 9.95. The van der Waals surface area contributed by atoms with E-state index in [0.29, 0.717) is 17.0 Å². The lowest BCUT2D eigenvalue weighted by molar-refractivity contribution is -0.139. The summed E-state index contributed by atoms with van der Waals surface area (Å²) >= 11 is 12.1. The third-order valence-corrected chi connectivity index (χ3v) is 6.98. The van der Waals surface area contributed by atoms with Crippen molar-refractivity contribution in [2.75, 3.05) is 6.54 Å². The topological polar surface area (TPSA) is 93.6 Å². The number of phenols is 1. The van der Waals surface area contributed by atoms with Crippen LogP contribution in [0.4, 0.5) is 0 Å². The summed E-state index contributed by atoms with van der Waals surface area (Å²) in [6.45, 7) is 0.246. The highest BCUT2D eigenvalue weighted by molar-refractivity contribution is 6.47. The van der Waals surface area contributed by atoms with Gasteiger partial charge in [0.2, 0.25) is 0 Å². The van der Waals surface area contributed by atoms with Crippen LogP contribution in [0.25, 0.3) is 16.7 Å². The van der Waals surface area contributed by atoms with Crippen LogP contribution in [-0.4, -0.2) is 38.3 Å². The molecule has 0 radical (unpaired) electrons. The molecule has 2 heterocycles. The van der Waals surface area contributed by atoms with Crippen LogP contribution in [0.3, 0.4) is 0 Å². The number of nitrogens with zero attached hydrogens (tertiary/aromatic N) is 1. The Morgan fingerprint density at radius 3 is 2.46 bits per heavy atom. The normalized spacial score (nSPS) is 17.4. The Labute approximate surface area is 211 Å². The van der Waals surface area contributed by atoms with Crippen LogP contribution in [0, 0.1) is 0 Å². The maximum absolute atomic E-state index is 13.2. The molecule has 1 fully saturated rings. The van der Waals surface area contributed by atoms with Gasteiger partial charge in [0.05, 0.1) is 21.7 Å². The highest BCUT2D eigenvalue weighted by atomic mass is 35.5. The first-order chi connectivity index (χ1) is 16.8. The lowest BCUT2D eigenvalue weighted by Gasteiger charge is -2.25. The molecule has 1 saturated heterocycles. The molecule has 1 unspecified atom stereocenters. The molecule has 35 heavy (non-hydrogen) atoms. The molecule has 1 aliphatic heterocycles. The van der Waals surface area contributed by atoms with E-state index in [0.717, 1.165) is 16.5 Å². The van der Waals surface area contributed by atoms with Crippen molar-refractivity contribution in [1.29, 1.82) is 0 Å². The van der Waals surface area contributed by atoms with Gasteiger partial charge in [-0.05, 0) is 53.9 Å². The predicted molar refractivity (Wildman–Crippen MR) is 136 cm³/mol. The number of ketones is 1. The number of nitrogens with one attached hydrogen (secondary N) is 1. The van der Waals surface area contributed by atoms with E-state index >= 15 is 0 Å². The van der Waals surface area contributed by atoms with Gasteiger partial charge in [-0.15, -0.1) is 0 Å². The molecule has 4 aromatic rings. The van der Waals surface area contributed by atoms with E-state index in [1.165, 1.54) is 35.2 Å². The number of aliphatic hydroxyl groups excluding tert-OH is 1. The molecule has 5 rings (SSSR count). The van der Waals surface area contributed by atoms with Crippen molar-refractivity contribution in [3.8, 4) is 5.75 Å². The number of aromatic hydroxyl groups is 1. The zero-order chi connectivity index (χ0) is 24.7. The number of halogens is 2. The second-order valence-electron chi connectivity index (χ2n) is 8.32. The van der Waals surface area contributed by atoms with E-state index in [9.17, 15) is 19.8 Å². The number of carbonyl (C=O) groups excluding carboxylic acids is 2. The second-order valence-corrected chi connectivity index (χ2v) is 9.14. The lowest BCUT2D eigenvalue weighted by Crippen LogP contribution is -2.31. The Hall–Kier alpha value is -3.74. The molecule has 6 nitrogen and oxygen atoms in total. The number of carbonyl (C=O) groups is 2. The van der Waals surface area contributed by atoms with Gasteiger partial charge >= 0.3 is 0 Å². The number of hydrogen-bond donors (Lipinski definition) is 3. The smallest absolute Gasteiger partial charge is 0.295 e. The molecule has 1 atom stereocenters. The summed E-state index contributed by atoms with van der Waals surface area (Å²) in [5, 5.41) is 22.5. The molecular weight excluding hydrogens is 487 g/mol. The van der Waals surface area contributed by atoms with Gasteiger partial charge in [-0.25, -0.2) is 0 Å². The number of aromatic amines is 1. The Morgan fingerprint density at radius 1 is 0.971 bits per heavy atom. The molecule has 3 aromatic carbocycles. The van der Waals surface area contributed by atoms with Crippen LogP contribution in [0.2, 0.25) is 10.0 Å². The molecule has 1 aliphatic rings. The van der Waals surface area contributed by atoms with Crippen LogP contribution >= 0.6 is 23.2 Å². The summed E-state index contributed by atoms with van der Waals surface area (Å²) in [4.78, 5) is 31.0. The Kier molecular flexibility index (Phi) is 6.01. The molecule has 0 bridgehead atoms. The third kappa shape index (κ3) is 4.16. The van der Waals surface area contributed by atoms with E-state index < -0.39 is 17.7 Å². The number of aromatic nitrogens is 1. The van der Waals surface area contributed by atoms with Crippen LogP contribution in [0.5, 0.6) is 5.75 Å². The average Bonchev–Trinajstić information content (AvgIpc) is 3.38. The maximum atomic E-state index is 13.2. The highest BCUT2D eigenvalue weighted by Gasteiger charge is 2.45. The molecule has 0 aliphatic carbocycles. The number of phenolic OH excluding ortho intramolecular Hbond substituents is 1. The number of fused-ring (bicyclic) bond motifs is 1. The predicted octanol–water partition coefficient (Wildman–Crippen LogP) is 5.84. The van der Waals surface area contributed by atoms with Crippen LogP contribution < -0.4 is 0 Å². The number of H-pyrrole nitrogens is 1. The van der Waals surface area contributed by atoms with E-state index in [4.69, 9.17) is 23.2 Å². The van der Waals surface area contributed by atoms with Crippen molar-refractivity contribution >= 4 is 51.6 Å². The number of benzene rings is 3. The van der Waals surface area contributed by atoms with Gasteiger partial charge in [0, 0.05) is 29.2 Å². The summed E-state index contributed by atoms with van der Waals surface area (Å²) in [5.74, 6) is -1.78. The van der Waals surface area contributed by atoms with Crippen molar-refractivity contribution in [1.82, 2.24) is 9.88 Å². The zero-order valence-electron chi connectivity index (χ0n) is 18.3. The third-order valence-electron chi connectivity index (χ3n) is 6.24. The minimum Gasteiger partial charge on any atom is -0.508 e. The summed E-state index contributed by atoms with van der Waals surface area (Å²) in [6, 6.07) is 17.7. The fourth-order valence-electron chi connectivity index (χ4n) is 4.49. The second kappa shape index (κ2) is 9.13. The standard InChI is InChI=1S/C27H20Cl2N2O4/c28-20-10-7-16(13-21(20)29)25(33)23-24(15-5-8-18(32)9-6-15)31(27(35)26(23)34)12-11-17-14-30-22-4-2-1-3-19(17)22/h1-10,13-14,24,30,32-33H,11-12H2/b25-23+. The molecule has 3 N–H and O–H groups in total. The summed E-state index contributed by atoms with van der Waals surface area (Å²) in [7, 11) is 0. The largest absolute Gasteiger partial charge is 0.508 e. The van der Waals surface area contributed by atoms with Gasteiger partial charge in [0.15, 0.2) is 0 Å². The summed E-state index contributed by atoms with van der Waals surface area (Å²) in [6.07, 6.45) is 2.39. The molecule has 0 spiro atoms. The minimum atomic E-state index is -0.838. The molecule has 1 amide bonds. The number of amides is 1. The van der Waals surface area contributed by atoms with Gasteiger partial charge in [-0.2, -0.15) is 0 Å². The van der Waals surface area contributed by atoms with Crippen molar-refractivity contribution in [2.45, 2.75) is 12.5 Å².